The molecule has 1 N–H and O–H groups in total. The molecule has 1 aromatic carbocycles. The molecule has 4 nitrogen and oxygen atoms in total. The number of anilines is 1. The lowest BCUT2D eigenvalue weighted by Crippen LogP contribution is -2.49. The monoisotopic (exact) mass is 374 g/mol. The van der Waals surface area contributed by atoms with Gasteiger partial charge < -0.3 is 14.7 Å². The molecule has 0 spiro atoms. The Bertz CT molecular complexity index is 543. The molecule has 3 rings (SSSR count). The number of β-amino-alcohol motifs (C(OH)–C–C–N with tert-alkyl or cyclic N) is 1. The minimum absolute atomic E-state index is 0.318. The summed E-state index contributed by atoms with van der Waals surface area (Å²) in [5, 5.41) is 10.5. The lowest BCUT2D eigenvalue weighted by atomic mass is 9.75. The van der Waals surface area contributed by atoms with Gasteiger partial charge in [-0.15, -0.1) is 0 Å². The van der Waals surface area contributed by atoms with E-state index < -0.39 is 6.10 Å². The van der Waals surface area contributed by atoms with Gasteiger partial charge in [0.15, 0.2) is 0 Å². The molecule has 0 radical (unpaired) electrons. The van der Waals surface area contributed by atoms with Crippen LogP contribution in [0.3, 0.4) is 0 Å². The number of rotatable bonds is 7. The second kappa shape index (κ2) is 9.90. The highest BCUT2D eigenvalue weighted by Crippen LogP contribution is 2.35. The third-order valence-corrected chi connectivity index (χ3v) is 6.43. The maximum absolute atomic E-state index is 10.5. The first-order valence-corrected chi connectivity index (χ1v) is 10.8. The Hall–Kier alpha value is -1.10. The third kappa shape index (κ3) is 5.94. The summed E-state index contributed by atoms with van der Waals surface area (Å²) in [5.41, 5.74) is 1.30. The van der Waals surface area contributed by atoms with Crippen molar-refractivity contribution in [2.45, 2.75) is 52.2 Å². The molecular formula is C23H38N2O2. The first-order chi connectivity index (χ1) is 13.0. The topological polar surface area (TPSA) is 35.9 Å². The van der Waals surface area contributed by atoms with Gasteiger partial charge >= 0.3 is 0 Å². The molecule has 1 aliphatic heterocycles. The summed E-state index contributed by atoms with van der Waals surface area (Å²) < 4.78 is 6.23. The molecule has 0 amide bonds. The van der Waals surface area contributed by atoms with Gasteiger partial charge in [0.1, 0.15) is 0 Å². The van der Waals surface area contributed by atoms with Gasteiger partial charge in [0.05, 0.1) is 18.8 Å². The van der Waals surface area contributed by atoms with E-state index in [0.717, 1.165) is 45.1 Å². The van der Waals surface area contributed by atoms with E-state index in [1.807, 2.05) is 0 Å². The van der Waals surface area contributed by atoms with E-state index in [1.54, 1.807) is 0 Å². The van der Waals surface area contributed by atoms with Gasteiger partial charge in [0, 0.05) is 38.4 Å². The summed E-state index contributed by atoms with van der Waals surface area (Å²) >= 11 is 0. The van der Waals surface area contributed by atoms with E-state index in [1.165, 1.54) is 18.5 Å². The fraction of sp³-hybridized carbons (Fsp3) is 0.739. The van der Waals surface area contributed by atoms with E-state index in [4.69, 9.17) is 4.74 Å². The number of piperazine rings is 1. The van der Waals surface area contributed by atoms with Crippen molar-refractivity contribution in [1.29, 1.82) is 0 Å². The Morgan fingerprint density at radius 2 is 1.78 bits per heavy atom. The van der Waals surface area contributed by atoms with Gasteiger partial charge in [-0.3, -0.25) is 4.90 Å². The van der Waals surface area contributed by atoms with Crippen LogP contribution in [0.15, 0.2) is 30.3 Å². The first kappa shape index (κ1) is 20.6. The van der Waals surface area contributed by atoms with Gasteiger partial charge in [-0.25, -0.2) is 0 Å². The van der Waals surface area contributed by atoms with E-state index in [2.05, 4.69) is 60.9 Å². The number of aliphatic hydroxyl groups excluding tert-OH is 1. The summed E-state index contributed by atoms with van der Waals surface area (Å²) in [4.78, 5) is 4.80. The van der Waals surface area contributed by atoms with Crippen molar-refractivity contribution in [3.05, 3.63) is 30.3 Å². The maximum atomic E-state index is 10.5. The molecule has 4 heteroatoms. The zero-order valence-electron chi connectivity index (χ0n) is 17.4. The first-order valence-electron chi connectivity index (χ1n) is 10.8. The van der Waals surface area contributed by atoms with Crippen molar-refractivity contribution in [1.82, 2.24) is 4.90 Å². The molecule has 2 aliphatic rings. The highest BCUT2D eigenvalue weighted by atomic mass is 16.5. The standard InChI is InChI=1S/C23H38N2O2/c1-18(2)22-10-9-19(3)15-23(22)27-17-21(26)16-24-11-13-25(14-12-24)20-7-5-4-6-8-20/h4-8,18-19,21-23,26H,9-17H2,1-3H3/t19-,21+,22-,23+/m0/s1. The Morgan fingerprint density at radius 1 is 1.07 bits per heavy atom. The van der Waals surface area contributed by atoms with Crippen LogP contribution < -0.4 is 4.90 Å². The van der Waals surface area contributed by atoms with Crippen LogP contribution in [0.4, 0.5) is 5.69 Å². The molecule has 152 valence electrons. The molecule has 1 saturated carbocycles. The highest BCUT2D eigenvalue weighted by Gasteiger charge is 2.32. The van der Waals surface area contributed by atoms with Crippen molar-refractivity contribution < 1.29 is 9.84 Å². The zero-order chi connectivity index (χ0) is 19.2. The van der Waals surface area contributed by atoms with Crippen molar-refractivity contribution in [2.24, 2.45) is 17.8 Å². The minimum Gasteiger partial charge on any atom is -0.389 e. The van der Waals surface area contributed by atoms with Crippen molar-refractivity contribution in [2.75, 3.05) is 44.2 Å². The molecule has 1 aromatic rings. The zero-order valence-corrected chi connectivity index (χ0v) is 17.4. The fourth-order valence-electron chi connectivity index (χ4n) is 4.72. The van der Waals surface area contributed by atoms with Gasteiger partial charge in [-0.2, -0.15) is 0 Å². The predicted octanol–water partition coefficient (Wildman–Crippen LogP) is 3.65. The van der Waals surface area contributed by atoms with Crippen molar-refractivity contribution in [3.8, 4) is 0 Å². The van der Waals surface area contributed by atoms with Crippen LogP contribution >= 0.6 is 0 Å². The summed E-state index contributed by atoms with van der Waals surface area (Å²) in [6, 6.07) is 10.6. The van der Waals surface area contributed by atoms with Crippen LogP contribution in [0, 0.1) is 17.8 Å². The number of ether oxygens (including phenoxy) is 1. The molecule has 0 bridgehead atoms. The molecule has 27 heavy (non-hydrogen) atoms. The molecule has 4 atom stereocenters. The van der Waals surface area contributed by atoms with Crippen LogP contribution in [0.2, 0.25) is 0 Å². The number of para-hydroxylation sites is 1. The number of benzene rings is 1. The Balaban J connectivity index is 1.40. The van der Waals surface area contributed by atoms with Crippen LogP contribution in [0.5, 0.6) is 0 Å². The lowest BCUT2D eigenvalue weighted by molar-refractivity contribution is -0.0740. The van der Waals surface area contributed by atoms with Crippen molar-refractivity contribution >= 4 is 5.69 Å². The summed E-state index contributed by atoms with van der Waals surface area (Å²) in [6.45, 7) is 12.2. The van der Waals surface area contributed by atoms with Crippen LogP contribution in [-0.4, -0.2) is 61.5 Å². The molecule has 0 aromatic heterocycles. The van der Waals surface area contributed by atoms with Crippen LogP contribution in [0.1, 0.15) is 40.0 Å². The largest absolute Gasteiger partial charge is 0.389 e. The van der Waals surface area contributed by atoms with Gasteiger partial charge in [0.2, 0.25) is 0 Å². The quantitative estimate of drug-likeness (QED) is 0.790. The van der Waals surface area contributed by atoms with Crippen LogP contribution in [-0.2, 0) is 4.74 Å². The third-order valence-electron chi connectivity index (χ3n) is 6.43. The van der Waals surface area contributed by atoms with Gasteiger partial charge in [-0.05, 0) is 42.7 Å². The smallest absolute Gasteiger partial charge is 0.0900 e. The Morgan fingerprint density at radius 3 is 2.44 bits per heavy atom. The SMILES string of the molecule is CC(C)[C@@H]1CC[C@H](C)C[C@H]1OC[C@H](O)CN1CCN(c2ccccc2)CC1. The van der Waals surface area contributed by atoms with E-state index in [-0.39, 0.29) is 0 Å². The molecular weight excluding hydrogens is 336 g/mol. The minimum atomic E-state index is -0.390. The number of hydrogen-bond donors (Lipinski definition) is 1. The van der Waals surface area contributed by atoms with E-state index in [0.29, 0.717) is 24.5 Å². The highest BCUT2D eigenvalue weighted by molar-refractivity contribution is 5.46. The average molecular weight is 375 g/mol. The number of aliphatic hydroxyl groups is 1. The van der Waals surface area contributed by atoms with Gasteiger partial charge in [-0.1, -0.05) is 45.4 Å². The molecule has 1 heterocycles. The number of hydrogen-bond acceptors (Lipinski definition) is 4. The van der Waals surface area contributed by atoms with Crippen LogP contribution in [0.25, 0.3) is 0 Å². The maximum Gasteiger partial charge on any atom is 0.0900 e. The summed E-state index contributed by atoms with van der Waals surface area (Å²) in [6.07, 6.45) is 3.65. The Kier molecular flexibility index (Phi) is 7.57. The lowest BCUT2D eigenvalue weighted by Gasteiger charge is -2.39. The normalized spacial score (nSPS) is 28.5. The molecule has 0 unspecified atom stereocenters. The van der Waals surface area contributed by atoms with Gasteiger partial charge in [0.25, 0.3) is 0 Å². The molecule has 1 aliphatic carbocycles. The fourth-order valence-corrected chi connectivity index (χ4v) is 4.72. The van der Waals surface area contributed by atoms with Crippen molar-refractivity contribution in [3.63, 3.8) is 0 Å². The van der Waals surface area contributed by atoms with E-state index in [9.17, 15) is 5.11 Å². The van der Waals surface area contributed by atoms with E-state index >= 15 is 0 Å². The molecule has 1 saturated heterocycles. The second-order valence-electron chi connectivity index (χ2n) is 8.97. The Labute approximate surface area is 165 Å². The predicted molar refractivity (Wildman–Crippen MR) is 112 cm³/mol. The molecule has 2 fully saturated rings. The summed E-state index contributed by atoms with van der Waals surface area (Å²) in [7, 11) is 0. The second-order valence-corrected chi connectivity index (χ2v) is 8.97. The average Bonchev–Trinajstić information content (AvgIpc) is 2.67. The summed E-state index contributed by atoms with van der Waals surface area (Å²) in [5.74, 6) is 2.04. The number of nitrogens with zero attached hydrogens (tertiary/aromatic N) is 2.